The molecule has 4 rings (SSSR count). The van der Waals surface area contributed by atoms with Crippen LogP contribution in [0.15, 0.2) is 88.3 Å². The highest BCUT2D eigenvalue weighted by Gasteiger charge is 2.44. The molecule has 0 saturated heterocycles. The minimum atomic E-state index is -1.05. The standard InChI is InChI=1S/C28H29BrN2O4/c29-24-11-7-22(8-12-24)19-28(27(33)30-16-15-21-5-2-1-3-6-21)20-35-26(31-28)23-9-13-25(14-10-23)34-18-4-17-32/h1-3,5-14,32H,4,15-20H2,(H,30,33)/t28-/m1/s1. The molecule has 0 aliphatic carbocycles. The first-order valence-electron chi connectivity index (χ1n) is 11.7. The first kappa shape index (κ1) is 24.9. The van der Waals surface area contributed by atoms with E-state index in [0.29, 0.717) is 37.6 Å². The zero-order valence-corrected chi connectivity index (χ0v) is 21.0. The van der Waals surface area contributed by atoms with Crippen molar-refractivity contribution in [3.63, 3.8) is 0 Å². The van der Waals surface area contributed by atoms with Gasteiger partial charge in [0.15, 0.2) is 5.54 Å². The van der Waals surface area contributed by atoms with E-state index in [0.717, 1.165) is 22.0 Å². The number of benzene rings is 3. The molecule has 1 atom stereocenters. The van der Waals surface area contributed by atoms with E-state index in [-0.39, 0.29) is 19.1 Å². The quantitative estimate of drug-likeness (QED) is 0.357. The lowest BCUT2D eigenvalue weighted by molar-refractivity contribution is -0.126. The van der Waals surface area contributed by atoms with Crippen molar-refractivity contribution in [3.8, 4) is 5.75 Å². The maximum atomic E-state index is 13.5. The lowest BCUT2D eigenvalue weighted by Crippen LogP contribution is -2.48. The van der Waals surface area contributed by atoms with E-state index in [9.17, 15) is 4.79 Å². The summed E-state index contributed by atoms with van der Waals surface area (Å²) in [7, 11) is 0. The van der Waals surface area contributed by atoms with E-state index >= 15 is 0 Å². The zero-order chi connectivity index (χ0) is 24.5. The van der Waals surface area contributed by atoms with E-state index < -0.39 is 5.54 Å². The molecule has 3 aromatic rings. The average molecular weight is 537 g/mol. The first-order chi connectivity index (χ1) is 17.1. The summed E-state index contributed by atoms with van der Waals surface area (Å²) in [6.07, 6.45) is 1.76. The second-order valence-corrected chi connectivity index (χ2v) is 9.40. The van der Waals surface area contributed by atoms with Crippen LogP contribution >= 0.6 is 15.9 Å². The number of ether oxygens (including phenoxy) is 2. The summed E-state index contributed by atoms with van der Waals surface area (Å²) in [5.41, 5.74) is 1.92. The van der Waals surface area contributed by atoms with Crippen molar-refractivity contribution in [3.05, 3.63) is 100 Å². The Hall–Kier alpha value is -3.16. The third-order valence-corrected chi connectivity index (χ3v) is 6.34. The number of carbonyl (C=O) groups is 1. The molecule has 1 aliphatic heterocycles. The highest BCUT2D eigenvalue weighted by Crippen LogP contribution is 2.28. The molecule has 0 radical (unpaired) electrons. The van der Waals surface area contributed by atoms with Crippen LogP contribution in [-0.2, 0) is 22.4 Å². The number of nitrogens with one attached hydrogen (secondary N) is 1. The molecule has 0 saturated carbocycles. The molecule has 6 nitrogen and oxygen atoms in total. The van der Waals surface area contributed by atoms with Crippen LogP contribution in [0.5, 0.6) is 5.75 Å². The fraction of sp³-hybridized carbons (Fsp3) is 0.286. The molecule has 7 heteroatoms. The van der Waals surface area contributed by atoms with Gasteiger partial charge in [-0.2, -0.15) is 0 Å². The Morgan fingerprint density at radius 3 is 2.49 bits per heavy atom. The monoisotopic (exact) mass is 536 g/mol. The molecule has 2 N–H and O–H groups in total. The molecule has 182 valence electrons. The molecular formula is C28H29BrN2O4. The summed E-state index contributed by atoms with van der Waals surface area (Å²) in [5, 5.41) is 12.0. The summed E-state index contributed by atoms with van der Waals surface area (Å²) in [6.45, 7) is 1.24. The SMILES string of the molecule is O=C(NCCc1ccccc1)[C@@]1(Cc2ccc(Br)cc2)COC(c2ccc(OCCCO)cc2)=N1. The molecule has 0 spiro atoms. The molecule has 1 heterocycles. The van der Waals surface area contributed by atoms with Gasteiger partial charge in [-0.15, -0.1) is 0 Å². The minimum absolute atomic E-state index is 0.0938. The normalized spacial score (nSPS) is 16.9. The van der Waals surface area contributed by atoms with E-state index in [1.54, 1.807) is 0 Å². The van der Waals surface area contributed by atoms with E-state index in [4.69, 9.17) is 19.6 Å². The Balaban J connectivity index is 1.51. The van der Waals surface area contributed by atoms with Gasteiger partial charge in [0.1, 0.15) is 12.4 Å². The fourth-order valence-electron chi connectivity index (χ4n) is 3.90. The van der Waals surface area contributed by atoms with Crippen LogP contribution in [0, 0.1) is 0 Å². The van der Waals surface area contributed by atoms with Gasteiger partial charge in [0, 0.05) is 36.0 Å². The second kappa shape index (κ2) is 12.0. The summed E-state index contributed by atoms with van der Waals surface area (Å²) < 4.78 is 12.6. The number of amides is 1. The summed E-state index contributed by atoms with van der Waals surface area (Å²) in [5.74, 6) is 1.01. The van der Waals surface area contributed by atoms with Crippen molar-refractivity contribution in [2.24, 2.45) is 4.99 Å². The van der Waals surface area contributed by atoms with Crippen molar-refractivity contribution in [1.82, 2.24) is 5.32 Å². The van der Waals surface area contributed by atoms with Crippen LogP contribution in [0.4, 0.5) is 0 Å². The fourth-order valence-corrected chi connectivity index (χ4v) is 4.16. The Bertz CT molecular complexity index is 1130. The molecule has 3 aromatic carbocycles. The minimum Gasteiger partial charge on any atom is -0.494 e. The van der Waals surface area contributed by atoms with Gasteiger partial charge in [0.2, 0.25) is 5.90 Å². The Kier molecular flexibility index (Phi) is 8.55. The number of aliphatic imine (C=N–C) groups is 1. The molecule has 1 amide bonds. The van der Waals surface area contributed by atoms with E-state index in [1.807, 2.05) is 66.7 Å². The van der Waals surface area contributed by atoms with Crippen molar-refractivity contribution >= 4 is 27.7 Å². The molecule has 0 aromatic heterocycles. The number of aliphatic hydroxyl groups is 1. The predicted octanol–water partition coefficient (Wildman–Crippen LogP) is 4.33. The number of carbonyl (C=O) groups excluding carboxylic acids is 1. The summed E-state index contributed by atoms with van der Waals surface area (Å²) in [4.78, 5) is 18.3. The molecule has 35 heavy (non-hydrogen) atoms. The van der Waals surface area contributed by atoms with Crippen LogP contribution in [0.2, 0.25) is 0 Å². The number of halogens is 1. The molecule has 0 unspecified atom stereocenters. The molecular weight excluding hydrogens is 508 g/mol. The van der Waals surface area contributed by atoms with Gasteiger partial charge in [0.05, 0.1) is 6.61 Å². The lowest BCUT2D eigenvalue weighted by atomic mass is 9.91. The van der Waals surface area contributed by atoms with E-state index in [2.05, 4.69) is 33.4 Å². The summed E-state index contributed by atoms with van der Waals surface area (Å²) >= 11 is 3.47. The van der Waals surface area contributed by atoms with Crippen molar-refractivity contribution < 1.29 is 19.4 Å². The van der Waals surface area contributed by atoms with Gasteiger partial charge >= 0.3 is 0 Å². The zero-order valence-electron chi connectivity index (χ0n) is 19.5. The highest BCUT2D eigenvalue weighted by molar-refractivity contribution is 9.10. The van der Waals surface area contributed by atoms with Crippen molar-refractivity contribution in [1.29, 1.82) is 0 Å². The van der Waals surface area contributed by atoms with Crippen LogP contribution in [0.1, 0.15) is 23.1 Å². The highest BCUT2D eigenvalue weighted by atomic mass is 79.9. The number of aliphatic hydroxyl groups excluding tert-OH is 1. The number of nitrogens with zero attached hydrogens (tertiary/aromatic N) is 1. The van der Waals surface area contributed by atoms with Gasteiger partial charge in [0.25, 0.3) is 5.91 Å². The van der Waals surface area contributed by atoms with Crippen LogP contribution in [0.3, 0.4) is 0 Å². The predicted molar refractivity (Wildman–Crippen MR) is 140 cm³/mol. The second-order valence-electron chi connectivity index (χ2n) is 8.48. The van der Waals surface area contributed by atoms with Crippen molar-refractivity contribution in [2.45, 2.75) is 24.8 Å². The maximum Gasteiger partial charge on any atom is 0.251 e. The molecule has 0 fully saturated rings. The molecule has 0 bridgehead atoms. The average Bonchev–Trinajstić information content (AvgIpc) is 3.32. The smallest absolute Gasteiger partial charge is 0.251 e. The van der Waals surface area contributed by atoms with Gasteiger partial charge in [-0.3, -0.25) is 4.79 Å². The Morgan fingerprint density at radius 1 is 1.03 bits per heavy atom. The Morgan fingerprint density at radius 2 is 1.77 bits per heavy atom. The van der Waals surface area contributed by atoms with Crippen LogP contribution < -0.4 is 10.1 Å². The largest absolute Gasteiger partial charge is 0.494 e. The van der Waals surface area contributed by atoms with Gasteiger partial charge in [-0.05, 0) is 53.9 Å². The lowest BCUT2D eigenvalue weighted by Gasteiger charge is -2.23. The third-order valence-electron chi connectivity index (χ3n) is 5.81. The van der Waals surface area contributed by atoms with Gasteiger partial charge in [-0.25, -0.2) is 4.99 Å². The van der Waals surface area contributed by atoms with E-state index in [1.165, 1.54) is 5.56 Å². The third kappa shape index (κ3) is 6.71. The topological polar surface area (TPSA) is 80.2 Å². The first-order valence-corrected chi connectivity index (χ1v) is 12.5. The van der Waals surface area contributed by atoms with Gasteiger partial charge < -0.3 is 19.9 Å². The number of rotatable bonds is 11. The van der Waals surface area contributed by atoms with Crippen LogP contribution in [0.25, 0.3) is 0 Å². The number of hydrogen-bond donors (Lipinski definition) is 2. The van der Waals surface area contributed by atoms with Crippen molar-refractivity contribution in [2.75, 3.05) is 26.4 Å². The van der Waals surface area contributed by atoms with Gasteiger partial charge in [-0.1, -0.05) is 58.4 Å². The number of hydrogen-bond acceptors (Lipinski definition) is 5. The maximum absolute atomic E-state index is 13.5. The Labute approximate surface area is 214 Å². The summed E-state index contributed by atoms with van der Waals surface area (Å²) in [6, 6.07) is 25.4. The van der Waals surface area contributed by atoms with Crippen LogP contribution in [-0.4, -0.2) is 48.8 Å². The molecule has 1 aliphatic rings.